The van der Waals surface area contributed by atoms with E-state index < -0.39 is 0 Å². The van der Waals surface area contributed by atoms with Gasteiger partial charge in [-0.2, -0.15) is 0 Å². The smallest absolute Gasteiger partial charge is 0.224 e. The quantitative estimate of drug-likeness (QED) is 0.761. The van der Waals surface area contributed by atoms with Crippen LogP contribution in [0, 0.1) is 0 Å². The number of rotatable bonds is 9. The zero-order valence-corrected chi connectivity index (χ0v) is 13.4. The van der Waals surface area contributed by atoms with Crippen LogP contribution in [0.1, 0.15) is 26.2 Å². The topological polar surface area (TPSA) is 50.8 Å². The lowest BCUT2D eigenvalue weighted by molar-refractivity contribution is -0.129. The Labute approximate surface area is 127 Å². The molecule has 1 aromatic carbocycles. The third-order valence-electron chi connectivity index (χ3n) is 3.32. The van der Waals surface area contributed by atoms with Gasteiger partial charge in [-0.25, -0.2) is 0 Å². The Bertz CT molecular complexity index is 449. The molecule has 0 aliphatic heterocycles. The molecule has 0 aliphatic carbocycles. The van der Waals surface area contributed by atoms with Gasteiger partial charge < -0.3 is 19.7 Å². The molecule has 0 aromatic heterocycles. The number of ether oxygens (including phenoxy) is 2. The highest BCUT2D eigenvalue weighted by atomic mass is 16.5. The molecule has 0 fully saturated rings. The highest BCUT2D eigenvalue weighted by Crippen LogP contribution is 2.29. The van der Waals surface area contributed by atoms with Gasteiger partial charge in [0.2, 0.25) is 5.91 Å². The molecule has 0 bridgehead atoms. The summed E-state index contributed by atoms with van der Waals surface area (Å²) in [6.45, 7) is 3.55. The third-order valence-corrected chi connectivity index (χ3v) is 3.32. The standard InChI is InChI=1S/C16H26N2O3/c1-5-6-11-18(2)16(19)9-10-17-13-7-8-14(20-3)15(12-13)21-4/h7-8,12,17H,5-6,9-11H2,1-4H3. The van der Waals surface area contributed by atoms with Crippen LogP contribution in [0.25, 0.3) is 0 Å². The van der Waals surface area contributed by atoms with Crippen molar-refractivity contribution in [2.24, 2.45) is 0 Å². The summed E-state index contributed by atoms with van der Waals surface area (Å²) >= 11 is 0. The first-order valence-electron chi connectivity index (χ1n) is 7.32. The summed E-state index contributed by atoms with van der Waals surface area (Å²) in [5.41, 5.74) is 0.914. The van der Waals surface area contributed by atoms with Crippen molar-refractivity contribution in [1.82, 2.24) is 4.90 Å². The number of unbranched alkanes of at least 4 members (excludes halogenated alkanes) is 1. The number of methoxy groups -OCH3 is 2. The van der Waals surface area contributed by atoms with Crippen LogP contribution >= 0.6 is 0 Å². The maximum absolute atomic E-state index is 11.9. The van der Waals surface area contributed by atoms with E-state index >= 15 is 0 Å². The summed E-state index contributed by atoms with van der Waals surface area (Å²) in [7, 11) is 5.07. The van der Waals surface area contributed by atoms with Gasteiger partial charge in [-0.05, 0) is 18.6 Å². The molecule has 1 rings (SSSR count). The molecule has 1 N–H and O–H groups in total. The summed E-state index contributed by atoms with van der Waals surface area (Å²) in [6, 6.07) is 5.62. The number of anilines is 1. The van der Waals surface area contributed by atoms with Crippen molar-refractivity contribution in [1.29, 1.82) is 0 Å². The first-order chi connectivity index (χ1) is 10.1. The first-order valence-corrected chi connectivity index (χ1v) is 7.32. The number of carbonyl (C=O) groups excluding carboxylic acids is 1. The third kappa shape index (κ3) is 5.53. The number of carbonyl (C=O) groups is 1. The molecule has 5 nitrogen and oxygen atoms in total. The minimum absolute atomic E-state index is 0.163. The Balaban J connectivity index is 2.43. The molecule has 1 aromatic rings. The fourth-order valence-electron chi connectivity index (χ4n) is 1.97. The molecule has 0 unspecified atom stereocenters. The van der Waals surface area contributed by atoms with Crippen LogP contribution in [0.2, 0.25) is 0 Å². The molecular weight excluding hydrogens is 268 g/mol. The molecule has 21 heavy (non-hydrogen) atoms. The second-order valence-corrected chi connectivity index (χ2v) is 4.92. The van der Waals surface area contributed by atoms with Crippen LogP contribution in [-0.2, 0) is 4.79 Å². The maximum Gasteiger partial charge on any atom is 0.224 e. The van der Waals surface area contributed by atoms with Gasteiger partial charge in [-0.15, -0.1) is 0 Å². The van der Waals surface area contributed by atoms with E-state index in [9.17, 15) is 4.79 Å². The molecule has 1 amide bonds. The molecule has 5 heteroatoms. The number of nitrogens with one attached hydrogen (secondary N) is 1. The summed E-state index contributed by atoms with van der Waals surface area (Å²) < 4.78 is 10.4. The molecular formula is C16H26N2O3. The summed E-state index contributed by atoms with van der Waals surface area (Å²) in [5.74, 6) is 1.53. The van der Waals surface area contributed by atoms with Crippen molar-refractivity contribution in [3.8, 4) is 11.5 Å². The molecule has 0 heterocycles. The molecule has 0 radical (unpaired) electrons. The monoisotopic (exact) mass is 294 g/mol. The van der Waals surface area contributed by atoms with Crippen molar-refractivity contribution < 1.29 is 14.3 Å². The van der Waals surface area contributed by atoms with Crippen LogP contribution in [0.5, 0.6) is 11.5 Å². The molecule has 0 aliphatic rings. The van der Waals surface area contributed by atoms with E-state index in [0.717, 1.165) is 25.1 Å². The van der Waals surface area contributed by atoms with E-state index in [0.29, 0.717) is 24.5 Å². The van der Waals surface area contributed by atoms with Crippen molar-refractivity contribution in [3.05, 3.63) is 18.2 Å². The SMILES string of the molecule is CCCCN(C)C(=O)CCNc1ccc(OC)c(OC)c1. The van der Waals surface area contributed by atoms with E-state index in [1.165, 1.54) is 0 Å². The maximum atomic E-state index is 11.9. The summed E-state index contributed by atoms with van der Waals surface area (Å²) in [5, 5.41) is 3.23. The van der Waals surface area contributed by atoms with Crippen LogP contribution in [0.4, 0.5) is 5.69 Å². The van der Waals surface area contributed by atoms with Gasteiger partial charge in [0.25, 0.3) is 0 Å². The Hall–Kier alpha value is -1.91. The van der Waals surface area contributed by atoms with E-state index in [4.69, 9.17) is 9.47 Å². The lowest BCUT2D eigenvalue weighted by atomic mass is 10.2. The van der Waals surface area contributed by atoms with Crippen molar-refractivity contribution >= 4 is 11.6 Å². The van der Waals surface area contributed by atoms with Crippen LogP contribution < -0.4 is 14.8 Å². The minimum Gasteiger partial charge on any atom is -0.493 e. The minimum atomic E-state index is 0.163. The van der Waals surface area contributed by atoms with Crippen molar-refractivity contribution in [3.63, 3.8) is 0 Å². The number of hydrogen-bond donors (Lipinski definition) is 1. The van der Waals surface area contributed by atoms with E-state index in [1.54, 1.807) is 19.1 Å². The van der Waals surface area contributed by atoms with Crippen LogP contribution in [0.15, 0.2) is 18.2 Å². The molecule has 118 valence electrons. The highest BCUT2D eigenvalue weighted by molar-refractivity contribution is 5.76. The van der Waals surface area contributed by atoms with Gasteiger partial charge in [-0.3, -0.25) is 4.79 Å². The predicted octanol–water partition coefficient (Wildman–Crippen LogP) is 2.76. The van der Waals surface area contributed by atoms with Gasteiger partial charge in [0.1, 0.15) is 0 Å². The lowest BCUT2D eigenvalue weighted by Gasteiger charge is -2.17. The van der Waals surface area contributed by atoms with Crippen molar-refractivity contribution in [2.75, 3.05) is 39.7 Å². The normalized spacial score (nSPS) is 10.1. The van der Waals surface area contributed by atoms with Gasteiger partial charge >= 0.3 is 0 Å². The number of benzene rings is 1. The number of amides is 1. The van der Waals surface area contributed by atoms with Crippen LogP contribution in [0.3, 0.4) is 0 Å². The van der Waals surface area contributed by atoms with E-state index in [1.807, 2.05) is 25.2 Å². The predicted molar refractivity (Wildman–Crippen MR) is 85.2 cm³/mol. The number of nitrogens with zero attached hydrogens (tertiary/aromatic N) is 1. The Morgan fingerprint density at radius 1 is 1.24 bits per heavy atom. The average molecular weight is 294 g/mol. The van der Waals surface area contributed by atoms with Gasteiger partial charge in [0.05, 0.1) is 14.2 Å². The molecule has 0 atom stereocenters. The van der Waals surface area contributed by atoms with Crippen molar-refractivity contribution in [2.45, 2.75) is 26.2 Å². The Morgan fingerprint density at radius 2 is 1.95 bits per heavy atom. The summed E-state index contributed by atoms with van der Waals surface area (Å²) in [4.78, 5) is 13.7. The number of hydrogen-bond acceptors (Lipinski definition) is 4. The summed E-state index contributed by atoms with van der Waals surface area (Å²) in [6.07, 6.45) is 2.63. The van der Waals surface area contributed by atoms with Gasteiger partial charge in [-0.1, -0.05) is 13.3 Å². The zero-order chi connectivity index (χ0) is 15.7. The Kier molecular flexibility index (Phi) is 7.43. The first kappa shape index (κ1) is 17.1. The zero-order valence-electron chi connectivity index (χ0n) is 13.4. The molecule has 0 spiro atoms. The average Bonchev–Trinajstić information content (AvgIpc) is 2.52. The Morgan fingerprint density at radius 3 is 2.57 bits per heavy atom. The second kappa shape index (κ2) is 9.10. The van der Waals surface area contributed by atoms with Gasteiger partial charge in [0.15, 0.2) is 11.5 Å². The van der Waals surface area contributed by atoms with E-state index in [-0.39, 0.29) is 5.91 Å². The second-order valence-electron chi connectivity index (χ2n) is 4.92. The lowest BCUT2D eigenvalue weighted by Crippen LogP contribution is -2.29. The molecule has 0 saturated carbocycles. The van der Waals surface area contributed by atoms with Gasteiger partial charge in [0, 0.05) is 38.3 Å². The highest BCUT2D eigenvalue weighted by Gasteiger charge is 2.08. The molecule has 0 saturated heterocycles. The van der Waals surface area contributed by atoms with Crippen LogP contribution in [-0.4, -0.2) is 45.2 Å². The largest absolute Gasteiger partial charge is 0.493 e. The fraction of sp³-hybridized carbons (Fsp3) is 0.562. The van der Waals surface area contributed by atoms with E-state index in [2.05, 4.69) is 12.2 Å². The fourth-order valence-corrected chi connectivity index (χ4v) is 1.97.